The van der Waals surface area contributed by atoms with E-state index in [4.69, 9.17) is 0 Å². The molecule has 1 aromatic carbocycles. The molecule has 0 saturated carbocycles. The lowest BCUT2D eigenvalue weighted by atomic mass is 10.0. The topological polar surface area (TPSA) is 38.8 Å². The van der Waals surface area contributed by atoms with Gasteiger partial charge in [-0.2, -0.15) is 0 Å². The number of anilines is 1. The van der Waals surface area contributed by atoms with Gasteiger partial charge in [0.2, 0.25) is 0 Å². The number of hydrogen-bond donors (Lipinski definition) is 1. The maximum absolute atomic E-state index is 12.9. The summed E-state index contributed by atoms with van der Waals surface area (Å²) in [5.41, 5.74) is 3.70. The number of hydrogen-bond acceptors (Lipinski definition) is 3. The van der Waals surface area contributed by atoms with Gasteiger partial charge in [-0.1, -0.05) is 63.1 Å². The molecule has 1 heterocycles. The molecule has 0 aromatic heterocycles. The van der Waals surface area contributed by atoms with Crippen LogP contribution in [0.5, 0.6) is 0 Å². The van der Waals surface area contributed by atoms with Crippen LogP contribution >= 0.6 is 0 Å². The van der Waals surface area contributed by atoms with E-state index in [1.54, 1.807) is 0 Å². The molecule has 0 radical (unpaired) electrons. The van der Waals surface area contributed by atoms with Crippen LogP contribution in [0.3, 0.4) is 0 Å². The van der Waals surface area contributed by atoms with Crippen LogP contribution in [-0.4, -0.2) is 61.1 Å². The molecule has 2 rings (SSSR count). The summed E-state index contributed by atoms with van der Waals surface area (Å²) in [6, 6.07) is 9.35. The molecule has 35 heavy (non-hydrogen) atoms. The average Bonchev–Trinajstić information content (AvgIpc) is 3.27. The van der Waals surface area contributed by atoms with E-state index in [0.29, 0.717) is 12.1 Å². The Morgan fingerprint density at radius 1 is 1.23 bits per heavy atom. The van der Waals surface area contributed by atoms with Crippen molar-refractivity contribution in [2.45, 2.75) is 92.7 Å². The molecular formula is C30H52N4O. The number of carbonyl (C=O) groups is 1. The first-order valence-corrected chi connectivity index (χ1v) is 13.7. The molecule has 1 N–H and O–H groups in total. The van der Waals surface area contributed by atoms with Gasteiger partial charge in [-0.3, -0.25) is 0 Å². The molecule has 5 nitrogen and oxygen atoms in total. The Balaban J connectivity index is 0.00000194. The van der Waals surface area contributed by atoms with Gasteiger partial charge < -0.3 is 20.0 Å². The Kier molecular flexibility index (Phi) is 15.1. The Labute approximate surface area is 216 Å². The second kappa shape index (κ2) is 17.2. The van der Waals surface area contributed by atoms with Gasteiger partial charge in [-0.15, -0.1) is 0 Å². The number of urea groups is 1. The summed E-state index contributed by atoms with van der Waals surface area (Å²) in [6.45, 7) is 18.8. The summed E-state index contributed by atoms with van der Waals surface area (Å²) in [5, 5.41) is 3.07. The van der Waals surface area contributed by atoms with Gasteiger partial charge in [0.25, 0.3) is 0 Å². The van der Waals surface area contributed by atoms with Gasteiger partial charge in [0.1, 0.15) is 0 Å². The quantitative estimate of drug-likeness (QED) is 0.349. The molecule has 1 aliphatic rings. The fraction of sp³-hybridized carbons (Fsp3) is 0.633. The maximum atomic E-state index is 12.9. The van der Waals surface area contributed by atoms with E-state index in [2.05, 4.69) is 107 Å². The zero-order valence-corrected chi connectivity index (χ0v) is 23.8. The lowest BCUT2D eigenvalue weighted by molar-refractivity contribution is 0.178. The number of para-hydroxylation sites is 1. The van der Waals surface area contributed by atoms with Crippen LogP contribution in [0.25, 0.3) is 0 Å². The summed E-state index contributed by atoms with van der Waals surface area (Å²) in [5.74, 6) is 0. The largest absolute Gasteiger partial charge is 0.365 e. The number of allylic oxidation sites excluding steroid dienone is 2. The maximum Gasteiger partial charge on any atom is 0.321 e. The second-order valence-corrected chi connectivity index (χ2v) is 10.0. The molecule has 1 aliphatic heterocycles. The van der Waals surface area contributed by atoms with Gasteiger partial charge in [-0.25, -0.2) is 4.79 Å². The van der Waals surface area contributed by atoms with Crippen molar-refractivity contribution in [2.24, 2.45) is 0 Å². The smallest absolute Gasteiger partial charge is 0.321 e. The van der Waals surface area contributed by atoms with Crippen molar-refractivity contribution in [3.63, 3.8) is 0 Å². The number of benzene rings is 1. The standard InChI is InChI=1S/C27H44N4O.C3H8/c1-7-9-17-30(22(3)4)26-15-11-10-13-24(26)19-23(5)20-28-27(32)31-18-12-14-25(31)21-29(6)16-8-2;1-3-2/h7,9-11,13,15,20,22,25H,8,12,14,16-19,21H2,1-6H3,(H,28,32);3H2,1-2H3/b9-7-,23-20+;/t25-;/m0./s1. The minimum absolute atomic E-state index is 0.0296. The predicted octanol–water partition coefficient (Wildman–Crippen LogP) is 6.86. The molecule has 0 aliphatic carbocycles. The molecule has 1 aromatic rings. The molecule has 1 fully saturated rings. The first-order chi connectivity index (χ1) is 16.8. The van der Waals surface area contributed by atoms with Crippen molar-refractivity contribution in [3.05, 3.63) is 53.8 Å². The number of likely N-dealkylation sites (N-methyl/N-ethyl adjacent to an activating group) is 1. The van der Waals surface area contributed by atoms with E-state index in [1.165, 1.54) is 17.7 Å². The molecule has 0 bridgehead atoms. The number of carbonyl (C=O) groups excluding carboxylic acids is 1. The lowest BCUT2D eigenvalue weighted by Crippen LogP contribution is -2.45. The fourth-order valence-corrected chi connectivity index (χ4v) is 4.49. The van der Waals surface area contributed by atoms with Gasteiger partial charge in [-0.05, 0) is 78.6 Å². The molecule has 5 heteroatoms. The first-order valence-electron chi connectivity index (χ1n) is 13.7. The minimum Gasteiger partial charge on any atom is -0.365 e. The number of amides is 2. The third-order valence-electron chi connectivity index (χ3n) is 6.14. The van der Waals surface area contributed by atoms with Gasteiger partial charge >= 0.3 is 6.03 Å². The van der Waals surface area contributed by atoms with Crippen LogP contribution in [0.15, 0.2) is 48.2 Å². The van der Waals surface area contributed by atoms with Crippen molar-refractivity contribution < 1.29 is 4.79 Å². The Morgan fingerprint density at radius 2 is 1.91 bits per heavy atom. The second-order valence-electron chi connectivity index (χ2n) is 10.0. The van der Waals surface area contributed by atoms with E-state index in [0.717, 1.165) is 57.4 Å². The zero-order valence-electron chi connectivity index (χ0n) is 23.8. The van der Waals surface area contributed by atoms with E-state index >= 15 is 0 Å². The average molecular weight is 485 g/mol. The van der Waals surface area contributed by atoms with Crippen molar-refractivity contribution in [3.8, 4) is 0 Å². The molecule has 198 valence electrons. The highest BCUT2D eigenvalue weighted by Crippen LogP contribution is 2.25. The van der Waals surface area contributed by atoms with E-state index < -0.39 is 0 Å². The van der Waals surface area contributed by atoms with Crippen LogP contribution in [0.2, 0.25) is 0 Å². The molecule has 0 unspecified atom stereocenters. The number of likely N-dealkylation sites (tertiary alicyclic amines) is 1. The summed E-state index contributed by atoms with van der Waals surface area (Å²) in [6.07, 6.45) is 11.6. The molecular weight excluding hydrogens is 432 g/mol. The third kappa shape index (κ3) is 10.9. The Bertz CT molecular complexity index is 786. The van der Waals surface area contributed by atoms with Crippen LogP contribution in [0, 0.1) is 0 Å². The summed E-state index contributed by atoms with van der Waals surface area (Å²) in [4.78, 5) is 19.6. The van der Waals surface area contributed by atoms with E-state index in [9.17, 15) is 4.79 Å². The number of nitrogens with one attached hydrogen (secondary N) is 1. The SMILES string of the molecule is C/C=C\CN(c1ccccc1C/C(C)=C/NC(=O)N1CCC[C@H]1CN(C)CCC)C(C)C.CCC. The zero-order chi connectivity index (χ0) is 26.2. The third-order valence-corrected chi connectivity index (χ3v) is 6.14. The molecule has 2 amide bonds. The van der Waals surface area contributed by atoms with Crippen LogP contribution < -0.4 is 10.2 Å². The number of rotatable bonds is 11. The summed E-state index contributed by atoms with van der Waals surface area (Å²) in [7, 11) is 2.15. The van der Waals surface area contributed by atoms with Crippen molar-refractivity contribution >= 4 is 11.7 Å². The summed E-state index contributed by atoms with van der Waals surface area (Å²) < 4.78 is 0. The highest BCUT2D eigenvalue weighted by Gasteiger charge is 2.29. The molecule has 1 saturated heterocycles. The van der Waals surface area contributed by atoms with E-state index in [-0.39, 0.29) is 6.03 Å². The molecule has 0 spiro atoms. The van der Waals surface area contributed by atoms with Crippen LogP contribution in [0.1, 0.15) is 79.7 Å². The van der Waals surface area contributed by atoms with Crippen LogP contribution in [0.4, 0.5) is 10.5 Å². The van der Waals surface area contributed by atoms with Gasteiger partial charge in [0, 0.05) is 43.6 Å². The van der Waals surface area contributed by atoms with E-state index in [1.807, 2.05) is 11.1 Å². The molecule has 1 atom stereocenters. The Morgan fingerprint density at radius 3 is 2.54 bits per heavy atom. The normalized spacial score (nSPS) is 16.1. The number of nitrogens with zero attached hydrogens (tertiary/aromatic N) is 3. The van der Waals surface area contributed by atoms with Crippen molar-refractivity contribution in [1.29, 1.82) is 0 Å². The van der Waals surface area contributed by atoms with Gasteiger partial charge in [0.15, 0.2) is 0 Å². The first kappa shape index (κ1) is 30.8. The highest BCUT2D eigenvalue weighted by atomic mass is 16.2. The fourth-order valence-electron chi connectivity index (χ4n) is 4.49. The summed E-state index contributed by atoms with van der Waals surface area (Å²) >= 11 is 0. The lowest BCUT2D eigenvalue weighted by Gasteiger charge is -2.30. The van der Waals surface area contributed by atoms with Crippen molar-refractivity contribution in [1.82, 2.24) is 15.1 Å². The highest BCUT2D eigenvalue weighted by molar-refractivity contribution is 5.76. The monoisotopic (exact) mass is 484 g/mol. The minimum atomic E-state index is 0.0296. The van der Waals surface area contributed by atoms with Crippen LogP contribution in [-0.2, 0) is 6.42 Å². The van der Waals surface area contributed by atoms with Crippen molar-refractivity contribution in [2.75, 3.05) is 38.1 Å². The van der Waals surface area contributed by atoms with Gasteiger partial charge in [0.05, 0.1) is 0 Å². The Hall–Kier alpha value is -2.27. The predicted molar refractivity (Wildman–Crippen MR) is 153 cm³/mol.